The summed E-state index contributed by atoms with van der Waals surface area (Å²) in [7, 11) is 0. The molecule has 0 aromatic heterocycles. The topological polar surface area (TPSA) is 20.2 Å². The molecule has 1 atom stereocenters. The van der Waals surface area contributed by atoms with Gasteiger partial charge < -0.3 is 5.11 Å². The van der Waals surface area contributed by atoms with Crippen molar-refractivity contribution in [2.45, 2.75) is 75.0 Å². The minimum atomic E-state index is -7.96. The lowest BCUT2D eigenvalue weighted by Gasteiger charge is -2.41. The number of alkyl halides is 13. The van der Waals surface area contributed by atoms with Crippen molar-refractivity contribution in [3.05, 3.63) is 35.4 Å². The largest absolute Gasteiger partial charge is 0.460 e. The fraction of sp³-hybridized carbons (Fsp3) is 0.684. The number of rotatable bonds is 9. The fourth-order valence-corrected chi connectivity index (χ4v) is 2.95. The van der Waals surface area contributed by atoms with E-state index < -0.39 is 53.4 Å². The summed E-state index contributed by atoms with van der Waals surface area (Å²) in [5.41, 5.74) is -3.25. The molecule has 192 valence electrons. The maximum Gasteiger partial charge on any atom is 0.460 e. The van der Waals surface area contributed by atoms with Gasteiger partial charge in [-0.05, 0) is 30.4 Å². The normalized spacial score (nSPS) is 16.8. The molecular weight excluding hydrogens is 491 g/mol. The van der Waals surface area contributed by atoms with Crippen LogP contribution in [0.4, 0.5) is 57.1 Å². The van der Waals surface area contributed by atoms with Crippen molar-refractivity contribution in [1.82, 2.24) is 0 Å². The Morgan fingerprint density at radius 3 is 1.61 bits per heavy atom. The zero-order valence-corrected chi connectivity index (χ0v) is 17.2. The molecule has 14 heteroatoms. The molecule has 1 N–H and O–H groups in total. The molecule has 1 aromatic carbocycles. The number of hydrogen-bond acceptors (Lipinski definition) is 1. The average molecular weight is 510 g/mol. The van der Waals surface area contributed by atoms with Crippen molar-refractivity contribution in [1.29, 1.82) is 0 Å². The van der Waals surface area contributed by atoms with Gasteiger partial charge in [-0.25, -0.2) is 0 Å². The second-order valence-corrected chi connectivity index (χ2v) is 8.25. The smallest absolute Gasteiger partial charge is 0.385 e. The lowest BCUT2D eigenvalue weighted by Crippen LogP contribution is -2.70. The average Bonchev–Trinajstić information content (AvgIpc) is 2.58. The summed E-state index contributed by atoms with van der Waals surface area (Å²) in [6.07, 6.45) is -9.87. The molecule has 0 saturated carbocycles. The number of aliphatic hydroxyl groups is 1. The van der Waals surface area contributed by atoms with Gasteiger partial charge in [0, 0.05) is 0 Å². The van der Waals surface area contributed by atoms with Gasteiger partial charge in [0.2, 0.25) is 0 Å². The predicted molar refractivity (Wildman–Crippen MR) is 90.0 cm³/mol. The zero-order valence-electron chi connectivity index (χ0n) is 17.2. The highest BCUT2D eigenvalue weighted by molar-refractivity contribution is 5.29. The third kappa shape index (κ3) is 5.04. The minimum Gasteiger partial charge on any atom is -0.385 e. The van der Waals surface area contributed by atoms with Gasteiger partial charge in [0.05, 0.1) is 12.0 Å². The second kappa shape index (κ2) is 8.49. The molecule has 33 heavy (non-hydrogen) atoms. The Morgan fingerprint density at radius 1 is 0.727 bits per heavy atom. The molecule has 1 aromatic rings. The number of halogens is 13. The minimum absolute atomic E-state index is 0.00723. The third-order valence-corrected chi connectivity index (χ3v) is 4.76. The zero-order chi connectivity index (χ0) is 26.5. The quantitative estimate of drug-likeness (QED) is 0.348. The van der Waals surface area contributed by atoms with Gasteiger partial charge in [0.1, 0.15) is 0 Å². The van der Waals surface area contributed by atoms with E-state index in [0.717, 1.165) is 12.1 Å². The van der Waals surface area contributed by atoms with Crippen LogP contribution >= 0.6 is 0 Å². The standard InChI is InChI=1S/C19H19F13O/c1-10(2)7-11-5-4-6-12(8-11)13(3,33)9-14(20,21)15(22,23)16(24,25)17(26,27)18(28,29)19(30,31)32/h4-6,8,10,33H,7,9H2,1-3H3. The third-order valence-electron chi connectivity index (χ3n) is 4.76. The molecule has 0 aliphatic rings. The molecule has 1 unspecified atom stereocenters. The highest BCUT2D eigenvalue weighted by Gasteiger charge is 2.90. The molecule has 1 rings (SSSR count). The Labute approximate surface area is 179 Å². The van der Waals surface area contributed by atoms with Crippen LogP contribution in [0.1, 0.15) is 38.3 Å². The van der Waals surface area contributed by atoms with E-state index in [4.69, 9.17) is 0 Å². The summed E-state index contributed by atoms with van der Waals surface area (Å²) in [5, 5.41) is 10.2. The molecule has 0 bridgehead atoms. The second-order valence-electron chi connectivity index (χ2n) is 8.25. The van der Waals surface area contributed by atoms with Crippen LogP contribution in [-0.4, -0.2) is 40.9 Å². The Bertz CT molecular complexity index is 825. The molecule has 0 saturated heterocycles. The van der Waals surface area contributed by atoms with Crippen LogP contribution in [0.5, 0.6) is 0 Å². The van der Waals surface area contributed by atoms with Crippen LogP contribution in [0.2, 0.25) is 0 Å². The molecule has 0 aliphatic heterocycles. The first-order valence-corrected chi connectivity index (χ1v) is 9.13. The van der Waals surface area contributed by atoms with Crippen molar-refractivity contribution in [2.24, 2.45) is 5.92 Å². The van der Waals surface area contributed by atoms with Gasteiger partial charge in [-0.2, -0.15) is 57.1 Å². The van der Waals surface area contributed by atoms with E-state index in [0.29, 0.717) is 18.9 Å². The van der Waals surface area contributed by atoms with E-state index in [9.17, 15) is 62.2 Å². The summed E-state index contributed by atoms with van der Waals surface area (Å²) in [6, 6.07) is 4.59. The molecule has 0 heterocycles. The van der Waals surface area contributed by atoms with E-state index in [1.165, 1.54) is 12.1 Å². The Kier molecular flexibility index (Phi) is 7.54. The Morgan fingerprint density at radius 2 is 1.18 bits per heavy atom. The maximum atomic E-state index is 14.2. The molecule has 0 radical (unpaired) electrons. The van der Waals surface area contributed by atoms with Crippen LogP contribution in [0, 0.1) is 5.92 Å². The summed E-state index contributed by atoms with van der Waals surface area (Å²) in [5.74, 6) is -37.4. The van der Waals surface area contributed by atoms with Gasteiger partial charge >= 0.3 is 35.8 Å². The highest BCUT2D eigenvalue weighted by Crippen LogP contribution is 2.61. The van der Waals surface area contributed by atoms with Gasteiger partial charge in [0.25, 0.3) is 0 Å². The first-order valence-electron chi connectivity index (χ1n) is 9.13. The van der Waals surface area contributed by atoms with E-state index in [2.05, 4.69) is 0 Å². The maximum absolute atomic E-state index is 14.2. The summed E-state index contributed by atoms with van der Waals surface area (Å²) in [4.78, 5) is 0. The molecule has 0 fully saturated rings. The van der Waals surface area contributed by atoms with Crippen LogP contribution in [0.3, 0.4) is 0 Å². The van der Waals surface area contributed by atoms with E-state index in [1.807, 2.05) is 0 Å². The lowest BCUT2D eigenvalue weighted by atomic mass is 9.83. The van der Waals surface area contributed by atoms with Crippen molar-refractivity contribution in [3.63, 3.8) is 0 Å². The lowest BCUT2D eigenvalue weighted by molar-refractivity contribution is -0.441. The van der Waals surface area contributed by atoms with Gasteiger partial charge in [-0.15, -0.1) is 0 Å². The van der Waals surface area contributed by atoms with E-state index in [1.54, 1.807) is 13.8 Å². The summed E-state index contributed by atoms with van der Waals surface area (Å²) in [6.45, 7) is 3.91. The fourth-order valence-electron chi connectivity index (χ4n) is 2.95. The van der Waals surface area contributed by atoms with Crippen molar-refractivity contribution in [2.75, 3.05) is 0 Å². The number of hydrogen-bond donors (Lipinski definition) is 1. The molecular formula is C19H19F13O. The Balaban J connectivity index is 3.43. The van der Waals surface area contributed by atoms with Crippen molar-refractivity contribution < 1.29 is 62.2 Å². The van der Waals surface area contributed by atoms with Gasteiger partial charge in [0.15, 0.2) is 0 Å². The Hall–Kier alpha value is -1.73. The van der Waals surface area contributed by atoms with Crippen LogP contribution in [0.25, 0.3) is 0 Å². The summed E-state index contributed by atoms with van der Waals surface area (Å²) >= 11 is 0. The molecule has 0 aliphatic carbocycles. The first-order chi connectivity index (χ1) is 14.3. The molecule has 0 amide bonds. The van der Waals surface area contributed by atoms with Crippen LogP contribution < -0.4 is 0 Å². The summed E-state index contributed by atoms with van der Waals surface area (Å²) < 4.78 is 172. The predicted octanol–water partition coefficient (Wildman–Crippen LogP) is 7.22. The van der Waals surface area contributed by atoms with Gasteiger partial charge in [-0.1, -0.05) is 38.1 Å². The highest BCUT2D eigenvalue weighted by atomic mass is 19.4. The van der Waals surface area contributed by atoms with Crippen molar-refractivity contribution >= 4 is 0 Å². The molecule has 1 nitrogen and oxygen atoms in total. The molecule has 0 spiro atoms. The van der Waals surface area contributed by atoms with E-state index >= 15 is 0 Å². The van der Waals surface area contributed by atoms with Crippen molar-refractivity contribution in [3.8, 4) is 0 Å². The van der Waals surface area contributed by atoms with Crippen LogP contribution in [-0.2, 0) is 12.0 Å². The van der Waals surface area contributed by atoms with E-state index in [-0.39, 0.29) is 5.92 Å². The monoisotopic (exact) mass is 510 g/mol. The SMILES string of the molecule is CC(C)Cc1cccc(C(C)(O)CC(F)(F)C(F)(F)C(F)(F)C(F)(F)C(F)(F)C(F)(F)F)c1. The van der Waals surface area contributed by atoms with Crippen LogP contribution in [0.15, 0.2) is 24.3 Å². The van der Waals surface area contributed by atoms with Gasteiger partial charge in [-0.3, -0.25) is 0 Å². The first kappa shape index (κ1) is 29.3. The number of benzene rings is 1.